The Hall–Kier alpha value is -2.86. The Morgan fingerprint density at radius 1 is 1.36 bits per heavy atom. The fraction of sp³-hybridized carbons (Fsp3) is 0.500. The molecule has 0 bridgehead atoms. The van der Waals surface area contributed by atoms with Crippen LogP contribution in [0.5, 0.6) is 0 Å². The van der Waals surface area contributed by atoms with Gasteiger partial charge in [0.2, 0.25) is 0 Å². The third-order valence-electron chi connectivity index (χ3n) is 4.67. The quantitative estimate of drug-likeness (QED) is 0.829. The van der Waals surface area contributed by atoms with E-state index < -0.39 is 11.2 Å². The molecule has 0 unspecified atom stereocenters. The highest BCUT2D eigenvalue weighted by molar-refractivity contribution is 5.51. The van der Waals surface area contributed by atoms with Crippen molar-refractivity contribution < 1.29 is 4.74 Å². The number of anilines is 1. The highest BCUT2D eigenvalue weighted by Gasteiger charge is 2.32. The first kappa shape index (κ1) is 17.0. The summed E-state index contributed by atoms with van der Waals surface area (Å²) < 4.78 is 9.83. The van der Waals surface area contributed by atoms with Crippen LogP contribution in [0.15, 0.2) is 21.9 Å². The molecule has 1 aliphatic rings. The molecule has 9 heteroatoms. The number of nitriles is 1. The Bertz CT molecular complexity index is 948. The van der Waals surface area contributed by atoms with Gasteiger partial charge in [-0.25, -0.2) is 4.79 Å². The Balaban J connectivity index is 1.87. The van der Waals surface area contributed by atoms with Gasteiger partial charge in [-0.05, 0) is 12.5 Å². The molecule has 9 nitrogen and oxygen atoms in total. The lowest BCUT2D eigenvalue weighted by Crippen LogP contribution is -2.40. The summed E-state index contributed by atoms with van der Waals surface area (Å²) in [6.07, 6.45) is 2.44. The summed E-state index contributed by atoms with van der Waals surface area (Å²) in [7, 11) is 4.76. The second kappa shape index (κ2) is 6.57. The van der Waals surface area contributed by atoms with E-state index in [0.29, 0.717) is 13.2 Å². The van der Waals surface area contributed by atoms with Crippen molar-refractivity contribution in [2.24, 2.45) is 27.1 Å². The van der Waals surface area contributed by atoms with Gasteiger partial charge in [0.15, 0.2) is 5.56 Å². The monoisotopic (exact) mass is 344 g/mol. The molecule has 1 saturated heterocycles. The predicted octanol–water partition coefficient (Wildman–Crippen LogP) is -0.121. The van der Waals surface area contributed by atoms with Gasteiger partial charge in [0.05, 0.1) is 5.69 Å². The summed E-state index contributed by atoms with van der Waals surface area (Å²) in [4.78, 5) is 24.2. The SMILES string of the molecule is Cn1nccc1[C@@H]1OCC[C@H]1CNc1c(C#N)c(=O)n(C)c(=O)n1C. The maximum absolute atomic E-state index is 12.1. The number of hydrogen-bond donors (Lipinski definition) is 1. The first-order valence-electron chi connectivity index (χ1n) is 7.99. The molecule has 2 atom stereocenters. The Morgan fingerprint density at radius 3 is 2.76 bits per heavy atom. The second-order valence-corrected chi connectivity index (χ2v) is 6.14. The van der Waals surface area contributed by atoms with Gasteiger partial charge in [0.1, 0.15) is 18.0 Å². The fourth-order valence-electron chi connectivity index (χ4n) is 3.21. The fourth-order valence-corrected chi connectivity index (χ4v) is 3.21. The maximum atomic E-state index is 12.1. The van der Waals surface area contributed by atoms with E-state index in [4.69, 9.17) is 4.74 Å². The minimum absolute atomic E-state index is 0.0689. The summed E-state index contributed by atoms with van der Waals surface area (Å²) in [5.74, 6) is 0.382. The number of rotatable bonds is 4. The number of aromatic nitrogens is 4. The molecule has 0 aromatic carbocycles. The van der Waals surface area contributed by atoms with Crippen LogP contribution >= 0.6 is 0 Å². The molecule has 1 N–H and O–H groups in total. The number of nitrogens with one attached hydrogen (secondary N) is 1. The smallest absolute Gasteiger partial charge is 0.332 e. The van der Waals surface area contributed by atoms with Crippen molar-refractivity contribution in [1.82, 2.24) is 18.9 Å². The van der Waals surface area contributed by atoms with Crippen LogP contribution in [0.2, 0.25) is 0 Å². The summed E-state index contributed by atoms with van der Waals surface area (Å²) in [6.45, 7) is 1.10. The predicted molar refractivity (Wildman–Crippen MR) is 90.1 cm³/mol. The molecule has 3 rings (SSSR count). The molecule has 1 aliphatic heterocycles. The van der Waals surface area contributed by atoms with E-state index in [-0.39, 0.29) is 23.4 Å². The average molecular weight is 344 g/mol. The zero-order chi connectivity index (χ0) is 18.1. The van der Waals surface area contributed by atoms with Gasteiger partial charge in [-0.3, -0.25) is 18.6 Å². The van der Waals surface area contributed by atoms with Crippen molar-refractivity contribution in [2.75, 3.05) is 18.5 Å². The van der Waals surface area contributed by atoms with Gasteiger partial charge in [-0.15, -0.1) is 0 Å². The zero-order valence-corrected chi connectivity index (χ0v) is 14.4. The summed E-state index contributed by atoms with van der Waals surface area (Å²) in [6, 6.07) is 3.81. The van der Waals surface area contributed by atoms with Crippen LogP contribution in [-0.4, -0.2) is 32.1 Å². The lowest BCUT2D eigenvalue weighted by molar-refractivity contribution is 0.0866. The topological polar surface area (TPSA) is 107 Å². The Labute approximate surface area is 144 Å². The minimum atomic E-state index is -0.598. The third kappa shape index (κ3) is 2.85. The molecular formula is C16H20N6O3. The Morgan fingerprint density at radius 2 is 2.12 bits per heavy atom. The molecule has 0 aliphatic carbocycles. The van der Waals surface area contributed by atoms with Gasteiger partial charge in [-0.1, -0.05) is 0 Å². The van der Waals surface area contributed by atoms with E-state index in [0.717, 1.165) is 16.7 Å². The van der Waals surface area contributed by atoms with E-state index in [1.54, 1.807) is 10.9 Å². The van der Waals surface area contributed by atoms with Crippen LogP contribution in [0.3, 0.4) is 0 Å². The van der Waals surface area contributed by atoms with Crippen LogP contribution in [-0.2, 0) is 25.9 Å². The summed E-state index contributed by atoms with van der Waals surface area (Å²) >= 11 is 0. The maximum Gasteiger partial charge on any atom is 0.332 e. The Kier molecular flexibility index (Phi) is 4.46. The summed E-state index contributed by atoms with van der Waals surface area (Å²) in [5.41, 5.74) is -0.167. The van der Waals surface area contributed by atoms with Crippen molar-refractivity contribution in [3.63, 3.8) is 0 Å². The van der Waals surface area contributed by atoms with Crippen molar-refractivity contribution in [3.05, 3.63) is 44.4 Å². The highest BCUT2D eigenvalue weighted by Crippen LogP contribution is 2.34. The molecule has 25 heavy (non-hydrogen) atoms. The second-order valence-electron chi connectivity index (χ2n) is 6.14. The van der Waals surface area contributed by atoms with E-state index in [1.807, 2.05) is 19.2 Å². The lowest BCUT2D eigenvalue weighted by Gasteiger charge is -2.21. The van der Waals surface area contributed by atoms with Crippen molar-refractivity contribution in [3.8, 4) is 6.07 Å². The van der Waals surface area contributed by atoms with E-state index in [1.165, 1.54) is 18.7 Å². The zero-order valence-electron chi connectivity index (χ0n) is 14.4. The first-order valence-corrected chi connectivity index (χ1v) is 7.99. The van der Waals surface area contributed by atoms with Crippen molar-refractivity contribution in [1.29, 1.82) is 5.26 Å². The van der Waals surface area contributed by atoms with Crippen LogP contribution < -0.4 is 16.6 Å². The van der Waals surface area contributed by atoms with Crippen LogP contribution in [0, 0.1) is 17.2 Å². The average Bonchev–Trinajstić information content (AvgIpc) is 3.23. The molecule has 0 spiro atoms. The van der Waals surface area contributed by atoms with Crippen LogP contribution in [0.4, 0.5) is 5.82 Å². The van der Waals surface area contributed by atoms with Crippen LogP contribution in [0.1, 0.15) is 23.8 Å². The van der Waals surface area contributed by atoms with E-state index >= 15 is 0 Å². The van der Waals surface area contributed by atoms with E-state index in [9.17, 15) is 14.9 Å². The number of ether oxygens (including phenoxy) is 1. The van der Waals surface area contributed by atoms with Gasteiger partial charge in [0.25, 0.3) is 5.56 Å². The third-order valence-corrected chi connectivity index (χ3v) is 4.67. The standard InChI is InChI=1S/C16H20N6O3/c1-20-14(11(8-17)15(23)21(2)16(20)24)18-9-10-5-7-25-13(10)12-4-6-19-22(12)3/h4,6,10,13,18H,5,7,9H2,1-3H3/t10-,13+/m0/s1. The van der Waals surface area contributed by atoms with Gasteiger partial charge < -0.3 is 10.1 Å². The molecule has 2 aromatic heterocycles. The largest absolute Gasteiger partial charge is 0.372 e. The molecule has 132 valence electrons. The highest BCUT2D eigenvalue weighted by atomic mass is 16.5. The lowest BCUT2D eigenvalue weighted by atomic mass is 9.99. The molecular weight excluding hydrogens is 324 g/mol. The minimum Gasteiger partial charge on any atom is -0.372 e. The number of nitrogens with zero attached hydrogens (tertiary/aromatic N) is 5. The van der Waals surface area contributed by atoms with Gasteiger partial charge in [-0.2, -0.15) is 10.4 Å². The van der Waals surface area contributed by atoms with E-state index in [2.05, 4.69) is 10.4 Å². The van der Waals surface area contributed by atoms with Crippen molar-refractivity contribution >= 4 is 5.82 Å². The summed E-state index contributed by atoms with van der Waals surface area (Å²) in [5, 5.41) is 16.6. The molecule has 0 saturated carbocycles. The molecule has 3 heterocycles. The molecule has 0 amide bonds. The van der Waals surface area contributed by atoms with Crippen molar-refractivity contribution in [2.45, 2.75) is 12.5 Å². The van der Waals surface area contributed by atoms with Gasteiger partial charge in [0, 0.05) is 46.4 Å². The molecule has 0 radical (unpaired) electrons. The van der Waals surface area contributed by atoms with Crippen LogP contribution in [0.25, 0.3) is 0 Å². The first-order chi connectivity index (χ1) is 12.0. The number of aryl methyl sites for hydroxylation is 1. The number of hydrogen-bond acceptors (Lipinski definition) is 6. The molecule has 1 fully saturated rings. The van der Waals surface area contributed by atoms with Gasteiger partial charge >= 0.3 is 5.69 Å². The normalized spacial score (nSPS) is 19.8. The molecule has 2 aromatic rings.